The monoisotopic (exact) mass is 571 g/mol. The van der Waals surface area contributed by atoms with Crippen molar-refractivity contribution in [1.29, 1.82) is 0 Å². The van der Waals surface area contributed by atoms with E-state index in [1.54, 1.807) is 11.9 Å². The molecule has 1 unspecified atom stereocenters. The fourth-order valence-corrected chi connectivity index (χ4v) is 6.02. The van der Waals surface area contributed by atoms with E-state index in [1.165, 1.54) is 0 Å². The van der Waals surface area contributed by atoms with E-state index in [0.717, 1.165) is 31.4 Å². The molecule has 1 aromatic carbocycles. The van der Waals surface area contributed by atoms with Crippen molar-refractivity contribution in [2.24, 2.45) is 17.3 Å². The van der Waals surface area contributed by atoms with Crippen molar-refractivity contribution < 1.29 is 24.4 Å². The summed E-state index contributed by atoms with van der Waals surface area (Å²) in [5.74, 6) is -0.733. The van der Waals surface area contributed by atoms with E-state index in [2.05, 4.69) is 5.32 Å². The number of hydrogen-bond donors (Lipinski definition) is 2. The maximum Gasteiger partial charge on any atom is 0.253 e. The third kappa shape index (κ3) is 8.67. The maximum atomic E-state index is 13.8. The number of carbonyl (C=O) groups is 4. The molecule has 1 saturated carbocycles. The van der Waals surface area contributed by atoms with Gasteiger partial charge < -0.3 is 20.0 Å². The molecule has 2 N–H and O–H groups in total. The van der Waals surface area contributed by atoms with Crippen molar-refractivity contribution in [1.82, 2.24) is 20.2 Å². The van der Waals surface area contributed by atoms with Gasteiger partial charge in [-0.1, -0.05) is 46.5 Å². The third-order valence-electron chi connectivity index (χ3n) is 8.67. The number of benzene rings is 1. The number of rotatable bonds is 11. The number of anilines is 1. The van der Waals surface area contributed by atoms with Crippen LogP contribution in [0, 0.1) is 17.3 Å². The molecule has 10 nitrogen and oxygen atoms in total. The van der Waals surface area contributed by atoms with Gasteiger partial charge in [0, 0.05) is 51.5 Å². The molecule has 2 aliphatic rings. The number of carbonyl (C=O) groups excluding carboxylic acids is 4. The normalized spacial score (nSPS) is 18.0. The van der Waals surface area contributed by atoms with Gasteiger partial charge in [-0.25, -0.2) is 5.06 Å². The van der Waals surface area contributed by atoms with Gasteiger partial charge in [0.25, 0.3) is 5.91 Å². The lowest BCUT2D eigenvalue weighted by Crippen LogP contribution is -2.58. The van der Waals surface area contributed by atoms with Crippen LogP contribution in [0.4, 0.5) is 5.69 Å². The zero-order valence-electron chi connectivity index (χ0n) is 25.6. The predicted octanol–water partition coefficient (Wildman–Crippen LogP) is 3.39. The Kier molecular flexibility index (Phi) is 11.2. The molecule has 0 spiro atoms. The Hall–Kier alpha value is -3.14. The summed E-state index contributed by atoms with van der Waals surface area (Å²) < 4.78 is 0. The molecule has 0 bridgehead atoms. The van der Waals surface area contributed by atoms with Gasteiger partial charge in [0.2, 0.25) is 18.2 Å². The number of hydrogen-bond acceptors (Lipinski definition) is 6. The molecule has 228 valence electrons. The first-order valence-electron chi connectivity index (χ1n) is 14.9. The van der Waals surface area contributed by atoms with Gasteiger partial charge in [0.1, 0.15) is 6.04 Å². The molecule has 1 aromatic rings. The molecule has 10 heteroatoms. The van der Waals surface area contributed by atoms with Crippen molar-refractivity contribution in [3.8, 4) is 0 Å². The smallest absolute Gasteiger partial charge is 0.253 e. The molecule has 1 heterocycles. The second-order valence-electron chi connectivity index (χ2n) is 13.0. The lowest BCUT2D eigenvalue weighted by molar-refractivity contribution is -0.156. The highest BCUT2D eigenvalue weighted by molar-refractivity contribution is 5.94. The number of nitrogens with one attached hydrogen (secondary N) is 1. The minimum absolute atomic E-state index is 0.0101. The molecule has 2 fully saturated rings. The fraction of sp³-hybridized carbons (Fsp3) is 0.677. The Morgan fingerprint density at radius 2 is 1.61 bits per heavy atom. The molecule has 1 aliphatic carbocycles. The average molecular weight is 572 g/mol. The Morgan fingerprint density at radius 1 is 1.02 bits per heavy atom. The molecule has 3 rings (SSSR count). The zero-order chi connectivity index (χ0) is 30.3. The first-order valence-corrected chi connectivity index (χ1v) is 14.9. The molecule has 4 amide bonds. The molecular formula is C31H49N5O5. The van der Waals surface area contributed by atoms with E-state index < -0.39 is 17.4 Å². The molecule has 41 heavy (non-hydrogen) atoms. The summed E-state index contributed by atoms with van der Waals surface area (Å²) in [6.07, 6.45) is 6.49. The summed E-state index contributed by atoms with van der Waals surface area (Å²) in [5.41, 5.74) is 1.12. The van der Waals surface area contributed by atoms with Crippen LogP contribution < -0.4 is 10.2 Å². The van der Waals surface area contributed by atoms with Gasteiger partial charge in [-0.2, -0.15) is 0 Å². The van der Waals surface area contributed by atoms with Crippen molar-refractivity contribution in [3.05, 3.63) is 29.8 Å². The van der Waals surface area contributed by atoms with Gasteiger partial charge in [-0.15, -0.1) is 0 Å². The Morgan fingerprint density at radius 3 is 2.12 bits per heavy atom. The van der Waals surface area contributed by atoms with Gasteiger partial charge >= 0.3 is 0 Å². The van der Waals surface area contributed by atoms with Gasteiger partial charge in [-0.3, -0.25) is 24.4 Å². The zero-order valence-corrected chi connectivity index (χ0v) is 25.6. The Bertz CT molecular complexity index is 1040. The van der Waals surface area contributed by atoms with Crippen LogP contribution in [0.15, 0.2) is 24.3 Å². The number of likely N-dealkylation sites (N-methyl/N-ethyl adjacent to an activating group) is 1. The van der Waals surface area contributed by atoms with Crippen LogP contribution in [0.3, 0.4) is 0 Å². The minimum atomic E-state index is -0.774. The Balaban J connectivity index is 1.63. The third-order valence-corrected chi connectivity index (χ3v) is 8.67. The van der Waals surface area contributed by atoms with Crippen LogP contribution in [0.25, 0.3) is 0 Å². The first kappa shape index (κ1) is 32.4. The molecule has 1 saturated heterocycles. The van der Waals surface area contributed by atoms with Gasteiger partial charge in [0.05, 0.1) is 12.5 Å². The SMILES string of the molecule is CN(C)c1ccc(C(=O)N2CCC(N(C)C(=O)[C@@H](NC(=O)C(CC3CCCC3)CN(O)C=O)C(C)(C)C)CC2)cc1. The van der Waals surface area contributed by atoms with Crippen LogP contribution >= 0.6 is 0 Å². The minimum Gasteiger partial charge on any atom is -0.378 e. The lowest BCUT2D eigenvalue weighted by atomic mass is 9.84. The van der Waals surface area contributed by atoms with E-state index >= 15 is 0 Å². The summed E-state index contributed by atoms with van der Waals surface area (Å²) in [4.78, 5) is 57.0. The highest BCUT2D eigenvalue weighted by Crippen LogP contribution is 2.31. The van der Waals surface area contributed by atoms with Crippen LogP contribution in [0.2, 0.25) is 0 Å². The summed E-state index contributed by atoms with van der Waals surface area (Å²) in [6, 6.07) is 6.74. The number of piperidine rings is 1. The topological polar surface area (TPSA) is 114 Å². The lowest BCUT2D eigenvalue weighted by Gasteiger charge is -2.40. The maximum absolute atomic E-state index is 13.8. The van der Waals surface area contributed by atoms with Crippen molar-refractivity contribution in [2.75, 3.05) is 45.7 Å². The molecule has 0 radical (unpaired) electrons. The van der Waals surface area contributed by atoms with Crippen molar-refractivity contribution in [3.63, 3.8) is 0 Å². The summed E-state index contributed by atoms with van der Waals surface area (Å²) >= 11 is 0. The van der Waals surface area contributed by atoms with Crippen molar-refractivity contribution in [2.45, 2.75) is 77.8 Å². The predicted molar refractivity (Wildman–Crippen MR) is 158 cm³/mol. The van der Waals surface area contributed by atoms with Crippen LogP contribution in [-0.4, -0.2) is 97.1 Å². The van der Waals surface area contributed by atoms with E-state index in [1.807, 2.05) is 68.9 Å². The highest BCUT2D eigenvalue weighted by Gasteiger charge is 2.39. The number of amides is 4. The summed E-state index contributed by atoms with van der Waals surface area (Å²) in [7, 11) is 5.69. The molecular weight excluding hydrogens is 522 g/mol. The standard InChI is InChI=1S/C31H49N5O5/c1-31(2,3)27(32-28(38)24(20-36(41)21-37)19-22-9-7-8-10-22)30(40)34(6)26-15-17-35(18-16-26)29(39)23-11-13-25(14-12-23)33(4)5/h11-14,21-22,24,26-27,41H,7-10,15-20H2,1-6H3,(H,32,38)/t24?,27-/m1/s1. The number of hydroxylamine groups is 2. The quantitative estimate of drug-likeness (QED) is 0.239. The van der Waals surface area contributed by atoms with Crippen LogP contribution in [0.1, 0.15) is 76.1 Å². The Labute approximate surface area is 245 Å². The first-order chi connectivity index (χ1) is 19.3. The van der Waals surface area contributed by atoms with E-state index in [9.17, 15) is 24.4 Å². The molecule has 0 aromatic heterocycles. The number of nitrogens with zero attached hydrogens (tertiary/aromatic N) is 4. The largest absolute Gasteiger partial charge is 0.378 e. The van der Waals surface area contributed by atoms with Crippen molar-refractivity contribution >= 4 is 29.8 Å². The molecule has 1 aliphatic heterocycles. The molecule has 2 atom stereocenters. The number of likely N-dealkylation sites (tertiary alicyclic amines) is 1. The van der Waals surface area contributed by atoms with E-state index in [0.29, 0.717) is 55.3 Å². The second-order valence-corrected chi connectivity index (χ2v) is 13.0. The van der Waals surface area contributed by atoms with Gasteiger partial charge in [0.15, 0.2) is 0 Å². The summed E-state index contributed by atoms with van der Waals surface area (Å²) in [5, 5.41) is 13.4. The van der Waals surface area contributed by atoms with E-state index in [4.69, 9.17) is 0 Å². The fourth-order valence-electron chi connectivity index (χ4n) is 6.02. The summed E-state index contributed by atoms with van der Waals surface area (Å²) in [6.45, 7) is 6.75. The van der Waals surface area contributed by atoms with Gasteiger partial charge in [-0.05, 0) is 54.9 Å². The highest BCUT2D eigenvalue weighted by atomic mass is 16.5. The average Bonchev–Trinajstić information content (AvgIpc) is 3.47. The second kappa shape index (κ2) is 14.2. The van der Waals surface area contributed by atoms with Crippen LogP contribution in [-0.2, 0) is 14.4 Å². The van der Waals surface area contributed by atoms with E-state index in [-0.39, 0.29) is 30.3 Å². The van der Waals surface area contributed by atoms with Crippen LogP contribution in [0.5, 0.6) is 0 Å².